The van der Waals surface area contributed by atoms with E-state index < -0.39 is 22.5 Å². The second-order valence-electron chi connectivity index (χ2n) is 5.27. The van der Waals surface area contributed by atoms with Crippen molar-refractivity contribution in [2.45, 2.75) is 6.54 Å². The molecular weight excluding hydrogens is 407 g/mol. The van der Waals surface area contributed by atoms with Crippen molar-refractivity contribution in [3.05, 3.63) is 63.1 Å². The van der Waals surface area contributed by atoms with Gasteiger partial charge in [-0.15, -0.1) is 0 Å². The van der Waals surface area contributed by atoms with Gasteiger partial charge in [0.15, 0.2) is 0 Å². The number of carbonyl (C=O) groups is 1. The van der Waals surface area contributed by atoms with E-state index in [9.17, 15) is 13.2 Å². The molecule has 1 amide bonds. The molecule has 0 atom stereocenters. The first-order valence-electron chi connectivity index (χ1n) is 7.11. The number of hydrogen-bond acceptors (Lipinski definition) is 3. The van der Waals surface area contributed by atoms with E-state index in [0.717, 1.165) is 16.1 Å². The van der Waals surface area contributed by atoms with Crippen molar-refractivity contribution in [3.8, 4) is 0 Å². The van der Waals surface area contributed by atoms with E-state index >= 15 is 0 Å². The second kappa shape index (κ2) is 8.27. The van der Waals surface area contributed by atoms with Crippen molar-refractivity contribution < 1.29 is 13.2 Å². The van der Waals surface area contributed by atoms with Gasteiger partial charge in [0, 0.05) is 16.6 Å². The minimum absolute atomic E-state index is 0.151. The Kier molecular flexibility index (Phi) is 6.57. The molecule has 0 bridgehead atoms. The highest BCUT2D eigenvalue weighted by Gasteiger charge is 2.23. The Balaban J connectivity index is 2.13. The summed E-state index contributed by atoms with van der Waals surface area (Å²) >= 11 is 17.8. The van der Waals surface area contributed by atoms with Crippen molar-refractivity contribution in [2.75, 3.05) is 17.1 Å². The van der Waals surface area contributed by atoms with Gasteiger partial charge in [-0.3, -0.25) is 9.10 Å². The van der Waals surface area contributed by atoms with Gasteiger partial charge in [0.05, 0.1) is 17.0 Å². The van der Waals surface area contributed by atoms with Crippen LogP contribution in [0.2, 0.25) is 15.1 Å². The van der Waals surface area contributed by atoms with Crippen LogP contribution in [0.1, 0.15) is 5.56 Å². The molecular formula is C16H15Cl3N2O3S. The monoisotopic (exact) mass is 420 g/mol. The van der Waals surface area contributed by atoms with E-state index in [1.807, 2.05) is 0 Å². The van der Waals surface area contributed by atoms with Crippen LogP contribution in [-0.4, -0.2) is 27.1 Å². The average Bonchev–Trinajstić information content (AvgIpc) is 2.53. The van der Waals surface area contributed by atoms with Gasteiger partial charge in [-0.1, -0.05) is 46.9 Å². The first-order valence-corrected chi connectivity index (χ1v) is 10.1. The van der Waals surface area contributed by atoms with E-state index in [4.69, 9.17) is 34.8 Å². The van der Waals surface area contributed by atoms with Gasteiger partial charge < -0.3 is 5.32 Å². The number of amides is 1. The summed E-state index contributed by atoms with van der Waals surface area (Å²) in [5.74, 6) is -0.476. The predicted molar refractivity (Wildman–Crippen MR) is 102 cm³/mol. The van der Waals surface area contributed by atoms with Crippen molar-refractivity contribution in [2.24, 2.45) is 0 Å². The number of carbonyl (C=O) groups excluding carboxylic acids is 1. The lowest BCUT2D eigenvalue weighted by Gasteiger charge is -2.23. The molecule has 2 aromatic rings. The molecule has 0 aliphatic rings. The maximum atomic E-state index is 12.2. The van der Waals surface area contributed by atoms with Crippen LogP contribution in [-0.2, 0) is 21.4 Å². The maximum Gasteiger partial charge on any atom is 0.241 e. The van der Waals surface area contributed by atoms with Crippen LogP contribution < -0.4 is 9.62 Å². The molecule has 0 aliphatic carbocycles. The van der Waals surface area contributed by atoms with Crippen molar-refractivity contribution in [3.63, 3.8) is 0 Å². The number of nitrogens with zero attached hydrogens (tertiary/aromatic N) is 1. The number of anilines is 1. The maximum absolute atomic E-state index is 12.2. The molecule has 0 saturated carbocycles. The molecule has 2 aromatic carbocycles. The lowest BCUT2D eigenvalue weighted by atomic mass is 10.2. The molecule has 0 aliphatic heterocycles. The molecule has 134 valence electrons. The third-order valence-corrected chi connectivity index (χ3v) is 5.20. The van der Waals surface area contributed by atoms with Crippen LogP contribution in [0.25, 0.3) is 0 Å². The van der Waals surface area contributed by atoms with Crippen LogP contribution in [0.5, 0.6) is 0 Å². The molecule has 25 heavy (non-hydrogen) atoms. The van der Waals surface area contributed by atoms with Crippen molar-refractivity contribution >= 4 is 56.4 Å². The SMILES string of the molecule is CS(=O)(=O)N(CC(=O)NCc1ccc(Cl)cc1)c1cc(Cl)ccc1Cl. The van der Waals surface area contributed by atoms with Gasteiger partial charge in [0.2, 0.25) is 15.9 Å². The highest BCUT2D eigenvalue weighted by atomic mass is 35.5. The number of rotatable bonds is 6. The van der Waals surface area contributed by atoms with E-state index in [1.54, 1.807) is 24.3 Å². The van der Waals surface area contributed by atoms with Crippen molar-refractivity contribution in [1.29, 1.82) is 0 Å². The van der Waals surface area contributed by atoms with Crippen LogP contribution >= 0.6 is 34.8 Å². The van der Waals surface area contributed by atoms with Crippen LogP contribution in [0, 0.1) is 0 Å². The van der Waals surface area contributed by atoms with Gasteiger partial charge in [-0.05, 0) is 35.9 Å². The van der Waals surface area contributed by atoms with E-state index in [2.05, 4.69) is 5.32 Å². The average molecular weight is 422 g/mol. The smallest absolute Gasteiger partial charge is 0.241 e. The van der Waals surface area contributed by atoms with Crippen LogP contribution in [0.4, 0.5) is 5.69 Å². The topological polar surface area (TPSA) is 66.5 Å². The molecule has 0 fully saturated rings. The molecule has 5 nitrogen and oxygen atoms in total. The summed E-state index contributed by atoms with van der Waals surface area (Å²) in [4.78, 5) is 12.2. The zero-order valence-electron chi connectivity index (χ0n) is 13.2. The zero-order chi connectivity index (χ0) is 18.6. The Morgan fingerprint density at radius 2 is 1.64 bits per heavy atom. The van der Waals surface area contributed by atoms with Crippen molar-refractivity contribution in [1.82, 2.24) is 5.32 Å². The van der Waals surface area contributed by atoms with Gasteiger partial charge in [0.25, 0.3) is 0 Å². The largest absolute Gasteiger partial charge is 0.350 e. The predicted octanol–water partition coefficient (Wildman–Crippen LogP) is 3.73. The Labute approximate surface area is 161 Å². The summed E-state index contributed by atoms with van der Waals surface area (Å²) in [5.41, 5.74) is 0.989. The normalized spacial score (nSPS) is 11.2. The summed E-state index contributed by atoms with van der Waals surface area (Å²) in [6.45, 7) is -0.163. The third kappa shape index (κ3) is 5.78. The molecule has 0 unspecified atom stereocenters. The Morgan fingerprint density at radius 3 is 2.24 bits per heavy atom. The number of sulfonamides is 1. The molecule has 0 radical (unpaired) electrons. The highest BCUT2D eigenvalue weighted by Crippen LogP contribution is 2.30. The molecule has 9 heteroatoms. The Morgan fingerprint density at radius 1 is 1.04 bits per heavy atom. The second-order valence-corrected chi connectivity index (χ2v) is 8.46. The Hall–Kier alpha value is -1.47. The summed E-state index contributed by atoms with van der Waals surface area (Å²) in [6, 6.07) is 11.4. The number of halogens is 3. The van der Waals surface area contributed by atoms with Crippen LogP contribution in [0.3, 0.4) is 0 Å². The minimum Gasteiger partial charge on any atom is -0.350 e. The van der Waals surface area contributed by atoms with Gasteiger partial charge in [-0.25, -0.2) is 8.42 Å². The number of benzene rings is 2. The summed E-state index contributed by atoms with van der Waals surface area (Å²) < 4.78 is 25.1. The molecule has 0 spiro atoms. The summed E-state index contributed by atoms with van der Waals surface area (Å²) in [7, 11) is -3.73. The molecule has 0 saturated heterocycles. The van der Waals surface area contributed by atoms with E-state index in [-0.39, 0.29) is 17.3 Å². The highest BCUT2D eigenvalue weighted by molar-refractivity contribution is 7.92. The standard InChI is InChI=1S/C16H15Cl3N2O3S/c1-25(23,24)21(15-8-13(18)6-7-14(15)19)10-16(22)20-9-11-2-4-12(17)5-3-11/h2-8H,9-10H2,1H3,(H,20,22). The lowest BCUT2D eigenvalue weighted by molar-refractivity contribution is -0.119. The first kappa shape index (κ1) is 19.8. The van der Waals surface area contributed by atoms with Gasteiger partial charge in [-0.2, -0.15) is 0 Å². The molecule has 1 N–H and O–H groups in total. The summed E-state index contributed by atoms with van der Waals surface area (Å²) in [6.07, 6.45) is 0.997. The fourth-order valence-electron chi connectivity index (χ4n) is 2.05. The molecule has 0 heterocycles. The van der Waals surface area contributed by atoms with Crippen LogP contribution in [0.15, 0.2) is 42.5 Å². The number of hydrogen-bond donors (Lipinski definition) is 1. The fourth-order valence-corrected chi connectivity index (χ4v) is 3.47. The summed E-state index contributed by atoms with van der Waals surface area (Å²) in [5, 5.41) is 3.75. The zero-order valence-corrected chi connectivity index (χ0v) is 16.3. The first-order chi connectivity index (χ1) is 11.7. The van der Waals surface area contributed by atoms with E-state index in [0.29, 0.717) is 10.0 Å². The molecule has 2 rings (SSSR count). The van der Waals surface area contributed by atoms with E-state index in [1.165, 1.54) is 18.2 Å². The third-order valence-electron chi connectivity index (χ3n) is 3.27. The minimum atomic E-state index is -3.73. The number of nitrogens with one attached hydrogen (secondary N) is 1. The fraction of sp³-hybridized carbons (Fsp3) is 0.188. The van der Waals surface area contributed by atoms with Gasteiger partial charge >= 0.3 is 0 Å². The molecule has 0 aromatic heterocycles. The quantitative estimate of drug-likeness (QED) is 0.773. The Bertz CT molecular complexity index is 871. The van der Waals surface area contributed by atoms with Gasteiger partial charge in [0.1, 0.15) is 6.54 Å². The lowest BCUT2D eigenvalue weighted by Crippen LogP contribution is -2.40.